The van der Waals surface area contributed by atoms with E-state index in [1.165, 1.54) is 0 Å². The second kappa shape index (κ2) is 6.98. The van der Waals surface area contributed by atoms with E-state index in [-0.39, 0.29) is 29.8 Å². The average Bonchev–Trinajstić information content (AvgIpc) is 3.27. The van der Waals surface area contributed by atoms with Crippen molar-refractivity contribution < 1.29 is 19.1 Å². The van der Waals surface area contributed by atoms with Crippen molar-refractivity contribution in [3.63, 3.8) is 0 Å². The normalized spacial score (nSPS) is 25.8. The smallest absolute Gasteiger partial charge is 0.307 e. The number of para-hydroxylation sites is 2. The Kier molecular flexibility index (Phi) is 4.76. The number of hydrogen-bond acceptors (Lipinski definition) is 5. The Morgan fingerprint density at radius 2 is 1.89 bits per heavy atom. The summed E-state index contributed by atoms with van der Waals surface area (Å²) in [6.07, 6.45) is 3.93. The van der Waals surface area contributed by atoms with Gasteiger partial charge >= 0.3 is 5.97 Å². The summed E-state index contributed by atoms with van der Waals surface area (Å²) in [5.41, 5.74) is 0.265. The van der Waals surface area contributed by atoms with Crippen molar-refractivity contribution in [2.24, 2.45) is 5.92 Å². The van der Waals surface area contributed by atoms with Gasteiger partial charge in [0.05, 0.1) is 30.7 Å². The van der Waals surface area contributed by atoms with Gasteiger partial charge in [-0.3, -0.25) is 9.59 Å². The third-order valence-electron chi connectivity index (χ3n) is 6.66. The minimum atomic E-state index is -0.544. The maximum absolute atomic E-state index is 13.4. The number of hydrogen-bond donors (Lipinski definition) is 0. The summed E-state index contributed by atoms with van der Waals surface area (Å²) in [6.45, 7) is 6.29. The maximum Gasteiger partial charge on any atom is 0.307 e. The first kappa shape index (κ1) is 19.1. The third kappa shape index (κ3) is 3.12. The van der Waals surface area contributed by atoms with Gasteiger partial charge in [0, 0.05) is 19.6 Å². The van der Waals surface area contributed by atoms with Crippen molar-refractivity contribution in [1.29, 1.82) is 0 Å². The lowest BCUT2D eigenvalue weighted by Gasteiger charge is -2.49. The first-order chi connectivity index (χ1) is 13.4. The second-order valence-electron chi connectivity index (χ2n) is 8.90. The second-order valence-corrected chi connectivity index (χ2v) is 8.90. The van der Waals surface area contributed by atoms with E-state index < -0.39 is 5.60 Å². The van der Waals surface area contributed by atoms with Crippen molar-refractivity contribution >= 4 is 17.6 Å². The number of carbonyl (C=O) groups is 2. The predicted octanol–water partition coefficient (Wildman–Crippen LogP) is 3.00. The van der Waals surface area contributed by atoms with Gasteiger partial charge in [-0.1, -0.05) is 12.1 Å². The molecule has 1 spiro atoms. The van der Waals surface area contributed by atoms with Crippen LogP contribution in [0.15, 0.2) is 24.3 Å². The van der Waals surface area contributed by atoms with E-state index in [1.54, 1.807) is 7.11 Å². The lowest BCUT2D eigenvalue weighted by atomic mass is 9.84. The number of rotatable bonds is 3. The zero-order valence-corrected chi connectivity index (χ0v) is 17.1. The first-order valence-electron chi connectivity index (χ1n) is 10.3. The predicted molar refractivity (Wildman–Crippen MR) is 106 cm³/mol. The van der Waals surface area contributed by atoms with E-state index in [9.17, 15) is 9.59 Å². The van der Waals surface area contributed by atoms with Gasteiger partial charge in [0.2, 0.25) is 5.91 Å². The van der Waals surface area contributed by atoms with E-state index in [2.05, 4.69) is 24.8 Å². The first-order valence-corrected chi connectivity index (χ1v) is 10.3. The fourth-order valence-corrected chi connectivity index (χ4v) is 5.29. The van der Waals surface area contributed by atoms with Gasteiger partial charge in [0.15, 0.2) is 0 Å². The molecule has 1 aliphatic carbocycles. The molecule has 1 aromatic rings. The fourth-order valence-electron chi connectivity index (χ4n) is 5.29. The van der Waals surface area contributed by atoms with E-state index >= 15 is 0 Å². The van der Waals surface area contributed by atoms with Crippen LogP contribution < -0.4 is 9.64 Å². The van der Waals surface area contributed by atoms with Crippen molar-refractivity contribution in [2.45, 2.75) is 57.1 Å². The molecule has 3 fully saturated rings. The molecule has 2 heterocycles. The minimum Gasteiger partial charge on any atom is -0.495 e. The number of esters is 1. The molecule has 0 bridgehead atoms. The summed E-state index contributed by atoms with van der Waals surface area (Å²) in [5.74, 6) is 0.388. The molecule has 152 valence electrons. The highest BCUT2D eigenvalue weighted by molar-refractivity contribution is 5.88. The van der Waals surface area contributed by atoms with Crippen LogP contribution in [0.4, 0.5) is 5.69 Å². The SMILES string of the molecule is COc1ccccc1N1CCN(C(=O)C2CC(=O)OC23CCCC3)CC1(C)C. The van der Waals surface area contributed by atoms with Crippen LogP contribution in [0.2, 0.25) is 0 Å². The van der Waals surface area contributed by atoms with Crippen LogP contribution >= 0.6 is 0 Å². The number of carbonyl (C=O) groups excluding carboxylic acids is 2. The Morgan fingerprint density at radius 1 is 1.18 bits per heavy atom. The van der Waals surface area contributed by atoms with Crippen LogP contribution in [0, 0.1) is 5.92 Å². The summed E-state index contributed by atoms with van der Waals surface area (Å²) in [4.78, 5) is 29.7. The van der Waals surface area contributed by atoms with Gasteiger partial charge in [0.1, 0.15) is 11.4 Å². The molecule has 2 aliphatic heterocycles. The largest absolute Gasteiger partial charge is 0.495 e. The van der Waals surface area contributed by atoms with E-state index in [4.69, 9.17) is 9.47 Å². The third-order valence-corrected chi connectivity index (χ3v) is 6.66. The summed E-state index contributed by atoms with van der Waals surface area (Å²) >= 11 is 0. The zero-order chi connectivity index (χ0) is 19.9. The van der Waals surface area contributed by atoms with Gasteiger partial charge in [-0.05, 0) is 51.7 Å². The molecule has 2 saturated heterocycles. The number of methoxy groups -OCH3 is 1. The topological polar surface area (TPSA) is 59.1 Å². The quantitative estimate of drug-likeness (QED) is 0.748. The molecular weight excluding hydrogens is 356 g/mol. The fraction of sp³-hybridized carbons (Fsp3) is 0.636. The number of nitrogens with zero attached hydrogens (tertiary/aromatic N) is 2. The number of piperazine rings is 1. The Balaban J connectivity index is 1.53. The molecule has 1 amide bonds. The lowest BCUT2D eigenvalue weighted by Crippen LogP contribution is -2.62. The molecule has 4 rings (SSSR count). The van der Waals surface area contributed by atoms with E-state index in [1.807, 2.05) is 23.1 Å². The molecule has 28 heavy (non-hydrogen) atoms. The summed E-state index contributed by atoms with van der Waals surface area (Å²) in [6, 6.07) is 8.01. The number of benzene rings is 1. The molecule has 0 radical (unpaired) electrons. The van der Waals surface area contributed by atoms with Crippen molar-refractivity contribution in [2.75, 3.05) is 31.6 Å². The van der Waals surface area contributed by atoms with Crippen LogP contribution in [-0.2, 0) is 14.3 Å². The van der Waals surface area contributed by atoms with Crippen LogP contribution in [0.3, 0.4) is 0 Å². The van der Waals surface area contributed by atoms with E-state index in [0.717, 1.165) is 43.7 Å². The van der Waals surface area contributed by atoms with Gasteiger partial charge < -0.3 is 19.3 Å². The highest BCUT2D eigenvalue weighted by Gasteiger charge is 2.55. The Labute approximate surface area is 166 Å². The van der Waals surface area contributed by atoms with Gasteiger partial charge in [0.25, 0.3) is 0 Å². The summed E-state index contributed by atoms with van der Waals surface area (Å²) < 4.78 is 11.2. The van der Waals surface area contributed by atoms with Crippen molar-refractivity contribution in [1.82, 2.24) is 4.90 Å². The van der Waals surface area contributed by atoms with Gasteiger partial charge in [-0.2, -0.15) is 0 Å². The van der Waals surface area contributed by atoms with Crippen LogP contribution in [0.25, 0.3) is 0 Å². The number of ether oxygens (including phenoxy) is 2. The van der Waals surface area contributed by atoms with Crippen molar-refractivity contribution in [3.8, 4) is 5.75 Å². The highest BCUT2D eigenvalue weighted by Crippen LogP contribution is 2.46. The zero-order valence-electron chi connectivity index (χ0n) is 17.1. The number of amides is 1. The number of anilines is 1. The highest BCUT2D eigenvalue weighted by atomic mass is 16.6. The molecule has 6 heteroatoms. The molecule has 1 unspecified atom stereocenters. The molecule has 1 saturated carbocycles. The van der Waals surface area contributed by atoms with Gasteiger partial charge in [-0.15, -0.1) is 0 Å². The standard InChI is InChI=1S/C22H30N2O4/c1-21(2)15-23(12-13-24(21)17-8-4-5-9-18(17)27-3)20(26)16-14-19(25)28-22(16)10-6-7-11-22/h4-5,8-9,16H,6-7,10-15H2,1-3H3. The van der Waals surface area contributed by atoms with E-state index in [0.29, 0.717) is 13.1 Å². The molecule has 1 aromatic carbocycles. The molecule has 3 aliphatic rings. The molecule has 0 aromatic heterocycles. The van der Waals surface area contributed by atoms with Crippen LogP contribution in [-0.4, -0.2) is 54.7 Å². The molecular formula is C22H30N2O4. The molecule has 6 nitrogen and oxygen atoms in total. The van der Waals surface area contributed by atoms with Gasteiger partial charge in [-0.25, -0.2) is 0 Å². The summed E-state index contributed by atoms with van der Waals surface area (Å²) in [5, 5.41) is 0. The maximum atomic E-state index is 13.4. The molecule has 0 N–H and O–H groups in total. The Hall–Kier alpha value is -2.24. The lowest BCUT2D eigenvalue weighted by molar-refractivity contribution is -0.152. The van der Waals surface area contributed by atoms with Crippen LogP contribution in [0.1, 0.15) is 46.0 Å². The Bertz CT molecular complexity index is 770. The average molecular weight is 386 g/mol. The monoisotopic (exact) mass is 386 g/mol. The molecule has 1 atom stereocenters. The summed E-state index contributed by atoms with van der Waals surface area (Å²) in [7, 11) is 1.68. The van der Waals surface area contributed by atoms with Crippen molar-refractivity contribution in [3.05, 3.63) is 24.3 Å². The minimum absolute atomic E-state index is 0.0838. The Morgan fingerprint density at radius 3 is 2.57 bits per heavy atom. The van der Waals surface area contributed by atoms with Crippen LogP contribution in [0.5, 0.6) is 5.75 Å².